The van der Waals surface area contributed by atoms with Crippen LogP contribution in [0.25, 0.3) is 6.08 Å². The quantitative estimate of drug-likeness (QED) is 0.318. The third-order valence-corrected chi connectivity index (χ3v) is 5.16. The lowest BCUT2D eigenvalue weighted by molar-refractivity contribution is -0.384. The van der Waals surface area contributed by atoms with Gasteiger partial charge in [-0.1, -0.05) is 47.7 Å². The van der Waals surface area contributed by atoms with Crippen molar-refractivity contribution in [3.05, 3.63) is 68.1 Å². The summed E-state index contributed by atoms with van der Waals surface area (Å²) in [5.41, 5.74) is 1.03. The molecule has 132 valence electrons. The number of ether oxygens (including phenoxy) is 1. The van der Waals surface area contributed by atoms with Crippen molar-refractivity contribution in [2.75, 3.05) is 12.0 Å². The molecular weight excluding hydrogens is 396 g/mol. The maximum absolute atomic E-state index is 12.7. The number of anilines is 1. The fourth-order valence-corrected chi connectivity index (χ4v) is 3.92. The first-order valence-electron chi connectivity index (χ1n) is 7.26. The monoisotopic (exact) mass is 406 g/mol. The normalized spacial score (nSPS) is 15.6. The van der Waals surface area contributed by atoms with Crippen LogP contribution in [-0.2, 0) is 4.79 Å². The molecule has 3 rings (SSSR count). The second kappa shape index (κ2) is 7.45. The Bertz CT molecular complexity index is 962. The number of nitro groups is 1. The van der Waals surface area contributed by atoms with Crippen molar-refractivity contribution in [2.45, 2.75) is 0 Å². The molecule has 1 fully saturated rings. The van der Waals surface area contributed by atoms with Gasteiger partial charge in [-0.3, -0.25) is 19.8 Å². The third kappa shape index (κ3) is 3.57. The van der Waals surface area contributed by atoms with E-state index in [1.54, 1.807) is 36.4 Å². The fraction of sp³-hybridized carbons (Fsp3) is 0.0588. The average Bonchev–Trinajstić information content (AvgIpc) is 2.88. The van der Waals surface area contributed by atoms with Crippen LogP contribution in [0.4, 0.5) is 11.4 Å². The Hall–Kier alpha value is -2.42. The van der Waals surface area contributed by atoms with Crippen molar-refractivity contribution >= 4 is 63.3 Å². The van der Waals surface area contributed by atoms with E-state index in [0.717, 1.165) is 11.8 Å². The molecule has 1 saturated heterocycles. The van der Waals surface area contributed by atoms with Gasteiger partial charge in [-0.2, -0.15) is 0 Å². The number of carbonyl (C=O) groups excluding carboxylic acids is 1. The molecule has 1 aliphatic rings. The van der Waals surface area contributed by atoms with Crippen molar-refractivity contribution in [1.29, 1.82) is 0 Å². The highest BCUT2D eigenvalue weighted by Crippen LogP contribution is 2.38. The van der Waals surface area contributed by atoms with Crippen LogP contribution in [0.1, 0.15) is 5.56 Å². The second-order valence-corrected chi connectivity index (χ2v) is 7.27. The van der Waals surface area contributed by atoms with Gasteiger partial charge in [0.2, 0.25) is 0 Å². The number of non-ortho nitro benzene ring substituents is 1. The summed E-state index contributed by atoms with van der Waals surface area (Å²) in [6.07, 6.45) is 1.58. The van der Waals surface area contributed by atoms with Crippen LogP contribution in [0, 0.1) is 10.1 Å². The highest BCUT2D eigenvalue weighted by atomic mass is 35.5. The van der Waals surface area contributed by atoms with Gasteiger partial charge in [0, 0.05) is 12.1 Å². The molecule has 0 bridgehead atoms. The standard InChI is InChI=1S/C17H11ClN2O4S2/c1-24-14-6-5-11(9-13(14)18)19-16(21)15(26-17(19)25)8-10-3-2-4-12(7-10)20(22)23/h2-9H,1H3/b15-8+. The minimum absolute atomic E-state index is 0.0452. The van der Waals surface area contributed by atoms with E-state index in [4.69, 9.17) is 28.6 Å². The van der Waals surface area contributed by atoms with Crippen molar-refractivity contribution in [2.24, 2.45) is 0 Å². The van der Waals surface area contributed by atoms with Crippen LogP contribution < -0.4 is 9.64 Å². The highest BCUT2D eigenvalue weighted by molar-refractivity contribution is 8.27. The molecule has 0 unspecified atom stereocenters. The molecule has 26 heavy (non-hydrogen) atoms. The topological polar surface area (TPSA) is 72.7 Å². The van der Waals surface area contributed by atoms with Crippen LogP contribution in [0.2, 0.25) is 5.02 Å². The van der Waals surface area contributed by atoms with E-state index in [0.29, 0.717) is 31.2 Å². The molecular formula is C17H11ClN2O4S2. The number of hydrogen-bond donors (Lipinski definition) is 0. The van der Waals surface area contributed by atoms with Crippen molar-refractivity contribution < 1.29 is 14.5 Å². The first-order chi connectivity index (χ1) is 12.4. The van der Waals surface area contributed by atoms with Crippen LogP contribution >= 0.6 is 35.6 Å². The molecule has 9 heteroatoms. The van der Waals surface area contributed by atoms with E-state index in [9.17, 15) is 14.9 Å². The second-order valence-electron chi connectivity index (χ2n) is 5.19. The number of hydrogen-bond acceptors (Lipinski definition) is 6. The predicted molar refractivity (Wildman–Crippen MR) is 107 cm³/mol. The van der Waals surface area contributed by atoms with Gasteiger partial charge in [0.1, 0.15) is 5.75 Å². The van der Waals surface area contributed by atoms with E-state index in [1.165, 1.54) is 24.1 Å². The lowest BCUT2D eigenvalue weighted by atomic mass is 10.2. The fourth-order valence-electron chi connectivity index (χ4n) is 2.36. The summed E-state index contributed by atoms with van der Waals surface area (Å²) in [6.45, 7) is 0. The maximum Gasteiger partial charge on any atom is 0.270 e. The lowest BCUT2D eigenvalue weighted by Crippen LogP contribution is -2.27. The number of methoxy groups -OCH3 is 1. The first-order valence-corrected chi connectivity index (χ1v) is 8.87. The first kappa shape index (κ1) is 18.4. The number of carbonyl (C=O) groups is 1. The number of amides is 1. The van der Waals surface area contributed by atoms with E-state index in [-0.39, 0.29) is 11.6 Å². The number of nitro benzene ring substituents is 1. The lowest BCUT2D eigenvalue weighted by Gasteiger charge is -2.15. The van der Waals surface area contributed by atoms with Gasteiger partial charge in [-0.25, -0.2) is 0 Å². The maximum atomic E-state index is 12.7. The van der Waals surface area contributed by atoms with Gasteiger partial charge in [0.25, 0.3) is 11.6 Å². The number of rotatable bonds is 4. The van der Waals surface area contributed by atoms with E-state index in [1.807, 2.05) is 0 Å². The predicted octanol–water partition coefficient (Wildman–Crippen LogP) is 4.66. The number of thiocarbonyl (C=S) groups is 1. The summed E-state index contributed by atoms with van der Waals surface area (Å²) in [5, 5.41) is 11.3. The van der Waals surface area contributed by atoms with Crippen LogP contribution in [-0.4, -0.2) is 22.3 Å². The Morgan fingerprint density at radius 1 is 1.31 bits per heavy atom. The molecule has 1 heterocycles. The van der Waals surface area contributed by atoms with Gasteiger partial charge in [0.05, 0.1) is 27.6 Å². The Morgan fingerprint density at radius 2 is 2.08 bits per heavy atom. The summed E-state index contributed by atoms with van der Waals surface area (Å²) in [7, 11) is 1.50. The minimum Gasteiger partial charge on any atom is -0.495 e. The zero-order chi connectivity index (χ0) is 18.8. The van der Waals surface area contributed by atoms with E-state index >= 15 is 0 Å². The molecule has 0 aliphatic carbocycles. The molecule has 2 aromatic carbocycles. The minimum atomic E-state index is -0.484. The van der Waals surface area contributed by atoms with Gasteiger partial charge < -0.3 is 4.74 Å². The molecule has 1 aliphatic heterocycles. The Kier molecular flexibility index (Phi) is 5.26. The van der Waals surface area contributed by atoms with E-state index < -0.39 is 4.92 Å². The molecule has 1 amide bonds. The van der Waals surface area contributed by atoms with Crippen LogP contribution in [0.5, 0.6) is 5.75 Å². The number of halogens is 1. The SMILES string of the molecule is COc1ccc(N2C(=O)/C(=C\c3cccc([N+](=O)[O-])c3)SC2=S)cc1Cl. The van der Waals surface area contributed by atoms with Gasteiger partial charge in [-0.15, -0.1) is 0 Å². The molecule has 6 nitrogen and oxygen atoms in total. The molecule has 0 radical (unpaired) electrons. The van der Waals surface area contributed by atoms with Gasteiger partial charge in [0.15, 0.2) is 4.32 Å². The summed E-state index contributed by atoms with van der Waals surface area (Å²) >= 11 is 12.6. The summed E-state index contributed by atoms with van der Waals surface area (Å²) in [4.78, 5) is 24.9. The molecule has 0 N–H and O–H groups in total. The molecule has 0 saturated carbocycles. The average molecular weight is 407 g/mol. The van der Waals surface area contributed by atoms with Crippen molar-refractivity contribution in [3.63, 3.8) is 0 Å². The highest BCUT2D eigenvalue weighted by Gasteiger charge is 2.33. The molecule has 0 atom stereocenters. The molecule has 0 spiro atoms. The summed E-state index contributed by atoms with van der Waals surface area (Å²) in [5.74, 6) is 0.181. The Balaban J connectivity index is 1.93. The van der Waals surface area contributed by atoms with Crippen LogP contribution in [0.15, 0.2) is 47.4 Å². The summed E-state index contributed by atoms with van der Waals surface area (Å²) in [6, 6.07) is 11.0. The number of benzene rings is 2. The largest absolute Gasteiger partial charge is 0.495 e. The van der Waals surface area contributed by atoms with Crippen molar-refractivity contribution in [1.82, 2.24) is 0 Å². The number of nitrogens with zero attached hydrogens (tertiary/aromatic N) is 2. The Labute approximate surface area is 163 Å². The third-order valence-electron chi connectivity index (χ3n) is 3.57. The van der Waals surface area contributed by atoms with Crippen molar-refractivity contribution in [3.8, 4) is 5.75 Å². The van der Waals surface area contributed by atoms with E-state index in [2.05, 4.69) is 0 Å². The smallest absolute Gasteiger partial charge is 0.270 e. The zero-order valence-electron chi connectivity index (χ0n) is 13.3. The number of thioether (sulfide) groups is 1. The summed E-state index contributed by atoms with van der Waals surface area (Å²) < 4.78 is 5.46. The molecule has 2 aromatic rings. The van der Waals surface area contributed by atoms with Crippen LogP contribution in [0.3, 0.4) is 0 Å². The zero-order valence-corrected chi connectivity index (χ0v) is 15.7. The Morgan fingerprint density at radius 3 is 2.73 bits per heavy atom. The molecule has 0 aromatic heterocycles. The van der Waals surface area contributed by atoms with Gasteiger partial charge in [-0.05, 0) is 29.8 Å². The van der Waals surface area contributed by atoms with Gasteiger partial charge >= 0.3 is 0 Å².